The Balaban J connectivity index is 1.93. The molecule has 0 aliphatic heterocycles. The number of fused-ring (bicyclic) bond motifs is 1. The topological polar surface area (TPSA) is 88.5 Å². The highest BCUT2D eigenvalue weighted by Gasteiger charge is 2.46. The average molecular weight is 326 g/mol. The number of benzene rings is 1. The van der Waals surface area contributed by atoms with Gasteiger partial charge in [0.25, 0.3) is 5.91 Å². The van der Waals surface area contributed by atoms with E-state index in [1.165, 1.54) is 25.4 Å². The molecule has 2 aromatic rings. The number of carbonyl (C=O) groups is 2. The highest BCUT2D eigenvalue weighted by molar-refractivity contribution is 5.99. The largest absolute Gasteiger partial charge is 0.505 e. The van der Waals surface area contributed by atoms with Crippen LogP contribution >= 0.6 is 0 Å². The van der Waals surface area contributed by atoms with Crippen LogP contribution in [0, 0.1) is 6.92 Å². The van der Waals surface area contributed by atoms with Crippen molar-refractivity contribution in [2.45, 2.75) is 25.3 Å². The lowest BCUT2D eigenvalue weighted by atomic mass is 9.95. The van der Waals surface area contributed by atoms with Gasteiger partial charge < -0.3 is 15.2 Å². The summed E-state index contributed by atoms with van der Waals surface area (Å²) in [6.07, 6.45) is 2.09. The van der Waals surface area contributed by atoms with Gasteiger partial charge in [-0.15, -0.1) is 0 Å². The molecule has 6 heteroatoms. The first-order valence-corrected chi connectivity index (χ1v) is 7.58. The molecule has 2 N–H and O–H groups in total. The Hall–Kier alpha value is -2.89. The number of hydrogen-bond donors (Lipinski definition) is 2. The molecule has 0 spiro atoms. The summed E-state index contributed by atoms with van der Waals surface area (Å²) in [6, 6.07) is 8.83. The van der Waals surface area contributed by atoms with Gasteiger partial charge in [-0.05, 0) is 30.2 Å². The second-order valence-corrected chi connectivity index (χ2v) is 6.02. The van der Waals surface area contributed by atoms with Crippen molar-refractivity contribution in [3.05, 3.63) is 58.9 Å². The summed E-state index contributed by atoms with van der Waals surface area (Å²) < 4.78 is 4.93. The molecule has 1 aliphatic carbocycles. The number of aromatic hydroxyl groups is 1. The second-order valence-electron chi connectivity index (χ2n) is 6.02. The zero-order valence-corrected chi connectivity index (χ0v) is 13.5. The lowest BCUT2D eigenvalue weighted by molar-refractivity contribution is -0.147. The molecular formula is C18H18N2O4. The lowest BCUT2D eigenvalue weighted by Gasteiger charge is -2.27. The Labute approximate surface area is 139 Å². The van der Waals surface area contributed by atoms with Gasteiger partial charge in [-0.1, -0.05) is 23.8 Å². The van der Waals surface area contributed by atoms with Gasteiger partial charge in [0.05, 0.1) is 7.11 Å². The van der Waals surface area contributed by atoms with E-state index in [2.05, 4.69) is 10.3 Å². The molecule has 0 saturated carbocycles. The molecule has 0 radical (unpaired) electrons. The fraction of sp³-hybridized carbons (Fsp3) is 0.278. The van der Waals surface area contributed by atoms with Crippen LogP contribution < -0.4 is 5.32 Å². The van der Waals surface area contributed by atoms with Crippen LogP contribution in [0.25, 0.3) is 0 Å². The maximum Gasteiger partial charge on any atom is 0.332 e. The molecule has 0 bridgehead atoms. The van der Waals surface area contributed by atoms with Crippen LogP contribution in [0.2, 0.25) is 0 Å². The predicted octanol–water partition coefficient (Wildman–Crippen LogP) is 1.54. The van der Waals surface area contributed by atoms with Gasteiger partial charge in [-0.3, -0.25) is 4.79 Å². The first-order chi connectivity index (χ1) is 11.4. The first-order valence-electron chi connectivity index (χ1n) is 7.58. The quantitative estimate of drug-likeness (QED) is 0.835. The van der Waals surface area contributed by atoms with Crippen LogP contribution in [0.3, 0.4) is 0 Å². The van der Waals surface area contributed by atoms with Crippen molar-refractivity contribution < 1.29 is 19.4 Å². The number of esters is 1. The van der Waals surface area contributed by atoms with Crippen molar-refractivity contribution in [2.24, 2.45) is 0 Å². The van der Waals surface area contributed by atoms with E-state index in [4.69, 9.17) is 4.74 Å². The van der Waals surface area contributed by atoms with Gasteiger partial charge in [-0.2, -0.15) is 0 Å². The summed E-state index contributed by atoms with van der Waals surface area (Å²) in [7, 11) is 1.29. The average Bonchev–Trinajstić information content (AvgIpc) is 2.92. The van der Waals surface area contributed by atoms with Gasteiger partial charge >= 0.3 is 5.97 Å². The number of hydrogen-bond acceptors (Lipinski definition) is 5. The Morgan fingerprint density at radius 1 is 1.25 bits per heavy atom. The van der Waals surface area contributed by atoms with E-state index in [-0.39, 0.29) is 11.4 Å². The van der Waals surface area contributed by atoms with Crippen LogP contribution in [0.1, 0.15) is 27.2 Å². The maximum atomic E-state index is 12.5. The van der Waals surface area contributed by atoms with Crippen LogP contribution in [0.15, 0.2) is 36.5 Å². The van der Waals surface area contributed by atoms with Gasteiger partial charge in [0.15, 0.2) is 5.69 Å². The van der Waals surface area contributed by atoms with Crippen molar-refractivity contribution in [3.63, 3.8) is 0 Å². The number of aromatic nitrogens is 1. The van der Waals surface area contributed by atoms with E-state index in [9.17, 15) is 14.7 Å². The number of ether oxygens (including phenoxy) is 1. The molecule has 1 aromatic carbocycles. The number of nitrogens with one attached hydrogen (secondary N) is 1. The van der Waals surface area contributed by atoms with E-state index >= 15 is 0 Å². The number of rotatable bonds is 3. The lowest BCUT2D eigenvalue weighted by Crippen LogP contribution is -2.56. The fourth-order valence-corrected chi connectivity index (χ4v) is 3.13. The summed E-state index contributed by atoms with van der Waals surface area (Å²) >= 11 is 0. The molecule has 1 aromatic heterocycles. The predicted molar refractivity (Wildman–Crippen MR) is 86.7 cm³/mol. The Morgan fingerprint density at radius 2 is 2.00 bits per heavy atom. The molecule has 1 amide bonds. The standard InChI is InChI=1S/C18H18N2O4/c1-11-5-6-12-9-18(17(23)24-2,10-13(12)8-11)20-16(22)15-14(21)4-3-7-19-15/h3-8,21H,9-10H2,1-2H3,(H,20,22). The minimum Gasteiger partial charge on any atom is -0.505 e. The summed E-state index contributed by atoms with van der Waals surface area (Å²) in [6.45, 7) is 1.98. The van der Waals surface area contributed by atoms with Gasteiger partial charge in [0, 0.05) is 19.0 Å². The molecule has 0 fully saturated rings. The molecule has 0 saturated heterocycles. The summed E-state index contributed by atoms with van der Waals surface area (Å²) in [5.74, 6) is -1.36. The molecule has 124 valence electrons. The van der Waals surface area contributed by atoms with Crippen molar-refractivity contribution in [3.8, 4) is 5.75 Å². The second kappa shape index (κ2) is 5.96. The maximum absolute atomic E-state index is 12.5. The normalized spacial score (nSPS) is 18.8. The Bertz CT molecular complexity index is 818. The smallest absolute Gasteiger partial charge is 0.332 e. The SMILES string of the molecule is COC(=O)C1(NC(=O)c2ncccc2O)Cc2ccc(C)cc2C1. The third kappa shape index (κ3) is 2.71. The highest BCUT2D eigenvalue weighted by atomic mass is 16.5. The number of nitrogens with zero attached hydrogens (tertiary/aromatic N) is 1. The molecule has 1 aliphatic rings. The van der Waals surface area contributed by atoms with E-state index < -0.39 is 17.4 Å². The highest BCUT2D eigenvalue weighted by Crippen LogP contribution is 2.32. The van der Waals surface area contributed by atoms with Crippen molar-refractivity contribution >= 4 is 11.9 Å². The zero-order valence-electron chi connectivity index (χ0n) is 13.5. The van der Waals surface area contributed by atoms with Gasteiger partial charge in [0.1, 0.15) is 11.3 Å². The Morgan fingerprint density at radius 3 is 2.71 bits per heavy atom. The van der Waals surface area contributed by atoms with Crippen LogP contribution in [-0.2, 0) is 22.4 Å². The number of carbonyl (C=O) groups excluding carboxylic acids is 2. The first kappa shape index (κ1) is 16.0. The third-order valence-corrected chi connectivity index (χ3v) is 4.28. The van der Waals surface area contributed by atoms with E-state index in [0.29, 0.717) is 12.8 Å². The molecule has 24 heavy (non-hydrogen) atoms. The van der Waals surface area contributed by atoms with E-state index in [0.717, 1.165) is 16.7 Å². The fourth-order valence-electron chi connectivity index (χ4n) is 3.13. The minimum absolute atomic E-state index is 0.118. The van der Waals surface area contributed by atoms with E-state index in [1.807, 2.05) is 25.1 Å². The van der Waals surface area contributed by atoms with Crippen LogP contribution in [-0.4, -0.2) is 34.6 Å². The number of aryl methyl sites for hydroxylation is 1. The molecular weight excluding hydrogens is 308 g/mol. The Kier molecular flexibility index (Phi) is 3.97. The van der Waals surface area contributed by atoms with Crippen molar-refractivity contribution in [1.82, 2.24) is 10.3 Å². The summed E-state index contributed by atoms with van der Waals surface area (Å²) in [5.41, 5.74) is 1.78. The molecule has 6 nitrogen and oxygen atoms in total. The summed E-state index contributed by atoms with van der Waals surface area (Å²) in [4.78, 5) is 28.8. The number of amides is 1. The zero-order chi connectivity index (χ0) is 17.3. The number of pyridine rings is 1. The number of methoxy groups -OCH3 is 1. The summed E-state index contributed by atoms with van der Waals surface area (Å²) in [5, 5.41) is 12.5. The van der Waals surface area contributed by atoms with Crippen LogP contribution in [0.5, 0.6) is 5.75 Å². The van der Waals surface area contributed by atoms with Gasteiger partial charge in [-0.25, -0.2) is 9.78 Å². The van der Waals surface area contributed by atoms with E-state index in [1.54, 1.807) is 0 Å². The molecule has 3 rings (SSSR count). The molecule has 1 atom stereocenters. The molecule has 1 heterocycles. The third-order valence-electron chi connectivity index (χ3n) is 4.28. The van der Waals surface area contributed by atoms with Crippen LogP contribution in [0.4, 0.5) is 0 Å². The molecule has 1 unspecified atom stereocenters. The van der Waals surface area contributed by atoms with Gasteiger partial charge in [0.2, 0.25) is 0 Å². The van der Waals surface area contributed by atoms with Crippen molar-refractivity contribution in [1.29, 1.82) is 0 Å². The minimum atomic E-state index is -1.19. The monoisotopic (exact) mass is 326 g/mol. The van der Waals surface area contributed by atoms with Crippen molar-refractivity contribution in [2.75, 3.05) is 7.11 Å².